The molecule has 1 aromatic rings. The summed E-state index contributed by atoms with van der Waals surface area (Å²) in [4.78, 5) is 22.6. The fraction of sp³-hybridized carbons (Fsp3) is 0.615. The number of nitrogens with one attached hydrogen (secondary N) is 2. The lowest BCUT2D eigenvalue weighted by molar-refractivity contribution is -0.125. The molecular formula is C13H21N5O. The highest BCUT2D eigenvalue weighted by Crippen LogP contribution is 2.19. The highest BCUT2D eigenvalue weighted by Gasteiger charge is 2.30. The van der Waals surface area contributed by atoms with Gasteiger partial charge in [-0.2, -0.15) is 0 Å². The van der Waals surface area contributed by atoms with Gasteiger partial charge in [0.15, 0.2) is 0 Å². The first kappa shape index (κ1) is 13.7. The van der Waals surface area contributed by atoms with Crippen LogP contribution >= 0.6 is 0 Å². The number of anilines is 1. The number of hydrogen-bond acceptors (Lipinski definition) is 5. The molecule has 1 unspecified atom stereocenters. The third-order valence-electron chi connectivity index (χ3n) is 3.34. The van der Waals surface area contributed by atoms with Gasteiger partial charge < -0.3 is 10.6 Å². The molecule has 0 spiro atoms. The van der Waals surface area contributed by atoms with Gasteiger partial charge in [0, 0.05) is 20.1 Å². The van der Waals surface area contributed by atoms with Crippen molar-refractivity contribution in [2.75, 3.05) is 25.5 Å². The van der Waals surface area contributed by atoms with Crippen LogP contribution in [-0.4, -0.2) is 47.0 Å². The van der Waals surface area contributed by atoms with Gasteiger partial charge in [0.25, 0.3) is 0 Å². The van der Waals surface area contributed by atoms with E-state index in [-0.39, 0.29) is 11.9 Å². The molecule has 6 heteroatoms. The Hall–Kier alpha value is -1.69. The van der Waals surface area contributed by atoms with Gasteiger partial charge in [0.05, 0.1) is 24.1 Å². The molecule has 0 aliphatic carbocycles. The zero-order valence-corrected chi connectivity index (χ0v) is 11.5. The summed E-state index contributed by atoms with van der Waals surface area (Å²) in [5.74, 6) is 0.880. The van der Waals surface area contributed by atoms with E-state index >= 15 is 0 Å². The van der Waals surface area contributed by atoms with E-state index in [0.717, 1.165) is 37.4 Å². The number of aromatic nitrogens is 2. The number of nitrogens with zero attached hydrogens (tertiary/aromatic N) is 3. The number of rotatable bonds is 5. The van der Waals surface area contributed by atoms with E-state index in [9.17, 15) is 4.79 Å². The Morgan fingerprint density at radius 1 is 1.47 bits per heavy atom. The van der Waals surface area contributed by atoms with Crippen molar-refractivity contribution < 1.29 is 4.79 Å². The normalized spacial score (nSPS) is 19.4. The van der Waals surface area contributed by atoms with Crippen molar-refractivity contribution in [3.05, 3.63) is 18.1 Å². The summed E-state index contributed by atoms with van der Waals surface area (Å²) in [5, 5.41) is 5.84. The number of likely N-dealkylation sites (N-methyl/N-ethyl adjacent to an activating group) is 1. The molecule has 6 nitrogen and oxygen atoms in total. The number of hydrogen-bond donors (Lipinski definition) is 2. The quantitative estimate of drug-likeness (QED) is 0.815. The van der Waals surface area contributed by atoms with Crippen molar-refractivity contribution in [2.24, 2.45) is 0 Å². The molecule has 0 saturated carbocycles. The second kappa shape index (κ2) is 6.47. The van der Waals surface area contributed by atoms with Crippen molar-refractivity contribution in [1.82, 2.24) is 20.2 Å². The fourth-order valence-electron chi connectivity index (χ4n) is 2.40. The van der Waals surface area contributed by atoms with Gasteiger partial charge in [-0.15, -0.1) is 0 Å². The van der Waals surface area contributed by atoms with Crippen LogP contribution < -0.4 is 10.6 Å². The molecule has 2 rings (SSSR count). The van der Waals surface area contributed by atoms with Crippen LogP contribution in [0.25, 0.3) is 0 Å². The lowest BCUT2D eigenvalue weighted by Crippen LogP contribution is -2.41. The SMILES string of the molecule is CCNc1cnc(CN2CCCC2C(=O)NC)cn1. The highest BCUT2D eigenvalue weighted by molar-refractivity contribution is 5.81. The summed E-state index contributed by atoms with van der Waals surface area (Å²) < 4.78 is 0. The van der Waals surface area contributed by atoms with Gasteiger partial charge in [-0.3, -0.25) is 14.7 Å². The maximum absolute atomic E-state index is 11.8. The van der Waals surface area contributed by atoms with E-state index in [0.29, 0.717) is 6.54 Å². The van der Waals surface area contributed by atoms with Crippen molar-refractivity contribution in [2.45, 2.75) is 32.4 Å². The zero-order chi connectivity index (χ0) is 13.7. The minimum atomic E-state index is -0.0276. The van der Waals surface area contributed by atoms with Gasteiger partial charge in [-0.1, -0.05) is 0 Å². The largest absolute Gasteiger partial charge is 0.369 e. The highest BCUT2D eigenvalue weighted by atomic mass is 16.2. The number of amides is 1. The van der Waals surface area contributed by atoms with E-state index in [4.69, 9.17) is 0 Å². The maximum Gasteiger partial charge on any atom is 0.237 e. The first-order chi connectivity index (χ1) is 9.24. The fourth-order valence-corrected chi connectivity index (χ4v) is 2.40. The molecule has 1 atom stereocenters. The summed E-state index contributed by atoms with van der Waals surface area (Å²) >= 11 is 0. The summed E-state index contributed by atoms with van der Waals surface area (Å²) in [6, 6.07) is -0.0276. The molecule has 0 radical (unpaired) electrons. The Bertz CT molecular complexity index is 420. The lowest BCUT2D eigenvalue weighted by atomic mass is 10.2. The summed E-state index contributed by atoms with van der Waals surface area (Å²) in [7, 11) is 1.68. The average Bonchev–Trinajstić information content (AvgIpc) is 2.88. The molecule has 2 heterocycles. The van der Waals surface area contributed by atoms with Gasteiger partial charge in [0.2, 0.25) is 5.91 Å². The van der Waals surface area contributed by atoms with Crippen LogP contribution in [0, 0.1) is 0 Å². The lowest BCUT2D eigenvalue weighted by Gasteiger charge is -2.22. The van der Waals surface area contributed by atoms with Crippen molar-refractivity contribution in [3.8, 4) is 0 Å². The average molecular weight is 263 g/mol. The van der Waals surface area contributed by atoms with Gasteiger partial charge in [-0.05, 0) is 26.3 Å². The molecule has 1 aliphatic rings. The smallest absolute Gasteiger partial charge is 0.237 e. The number of carbonyl (C=O) groups excluding carboxylic acids is 1. The number of carbonyl (C=O) groups is 1. The Kier molecular flexibility index (Phi) is 4.68. The standard InChI is InChI=1S/C13H21N5O/c1-3-15-12-8-16-10(7-17-12)9-18-6-4-5-11(18)13(19)14-2/h7-8,11H,3-6,9H2,1-2H3,(H,14,19)(H,15,17). The molecule has 1 aliphatic heterocycles. The Morgan fingerprint density at radius 2 is 2.32 bits per heavy atom. The topological polar surface area (TPSA) is 70.2 Å². The summed E-state index contributed by atoms with van der Waals surface area (Å²) in [6.07, 6.45) is 5.49. The third-order valence-corrected chi connectivity index (χ3v) is 3.34. The molecule has 104 valence electrons. The van der Waals surface area contributed by atoms with Crippen LogP contribution in [0.15, 0.2) is 12.4 Å². The predicted octanol–water partition coefficient (Wildman–Crippen LogP) is 0.619. The maximum atomic E-state index is 11.8. The minimum absolute atomic E-state index is 0.0276. The van der Waals surface area contributed by atoms with Gasteiger partial charge in [-0.25, -0.2) is 4.98 Å². The molecule has 1 aromatic heterocycles. The molecule has 0 aromatic carbocycles. The monoisotopic (exact) mass is 263 g/mol. The van der Waals surface area contributed by atoms with Crippen LogP contribution in [-0.2, 0) is 11.3 Å². The van der Waals surface area contributed by atoms with E-state index in [1.807, 2.05) is 6.92 Å². The van der Waals surface area contributed by atoms with Crippen molar-refractivity contribution in [1.29, 1.82) is 0 Å². The molecule has 1 fully saturated rings. The van der Waals surface area contributed by atoms with Gasteiger partial charge >= 0.3 is 0 Å². The molecular weight excluding hydrogens is 242 g/mol. The van der Waals surface area contributed by atoms with Gasteiger partial charge in [0.1, 0.15) is 5.82 Å². The summed E-state index contributed by atoms with van der Waals surface area (Å²) in [6.45, 7) is 4.47. The van der Waals surface area contributed by atoms with Crippen LogP contribution in [0.3, 0.4) is 0 Å². The van der Waals surface area contributed by atoms with E-state index < -0.39 is 0 Å². The Balaban J connectivity index is 1.98. The second-order valence-corrected chi connectivity index (χ2v) is 4.67. The van der Waals surface area contributed by atoms with E-state index in [1.165, 1.54) is 0 Å². The van der Waals surface area contributed by atoms with Crippen LogP contribution in [0.5, 0.6) is 0 Å². The molecule has 19 heavy (non-hydrogen) atoms. The first-order valence-electron chi connectivity index (χ1n) is 6.75. The van der Waals surface area contributed by atoms with Crippen LogP contribution in [0.2, 0.25) is 0 Å². The number of likely N-dealkylation sites (tertiary alicyclic amines) is 1. The predicted molar refractivity (Wildman–Crippen MR) is 73.7 cm³/mol. The second-order valence-electron chi connectivity index (χ2n) is 4.67. The zero-order valence-electron chi connectivity index (χ0n) is 11.5. The van der Waals surface area contributed by atoms with E-state index in [2.05, 4.69) is 25.5 Å². The van der Waals surface area contributed by atoms with Crippen molar-refractivity contribution in [3.63, 3.8) is 0 Å². The minimum Gasteiger partial charge on any atom is -0.369 e. The molecule has 1 saturated heterocycles. The van der Waals surface area contributed by atoms with Crippen LogP contribution in [0.1, 0.15) is 25.5 Å². The molecule has 1 amide bonds. The molecule has 2 N–H and O–H groups in total. The Morgan fingerprint density at radius 3 is 2.95 bits per heavy atom. The first-order valence-corrected chi connectivity index (χ1v) is 6.75. The van der Waals surface area contributed by atoms with Crippen LogP contribution in [0.4, 0.5) is 5.82 Å². The summed E-state index contributed by atoms with van der Waals surface area (Å²) in [5.41, 5.74) is 0.900. The Labute approximate surface area is 113 Å². The molecule has 0 bridgehead atoms. The van der Waals surface area contributed by atoms with E-state index in [1.54, 1.807) is 19.4 Å². The third kappa shape index (κ3) is 3.41. The van der Waals surface area contributed by atoms with Crippen molar-refractivity contribution >= 4 is 11.7 Å².